The maximum atomic E-state index is 6.19. The van der Waals surface area contributed by atoms with Crippen LogP contribution in [0.1, 0.15) is 33.1 Å². The van der Waals surface area contributed by atoms with Gasteiger partial charge in [0.05, 0.1) is 12.6 Å². The lowest BCUT2D eigenvalue weighted by atomic mass is 9.70. The first kappa shape index (κ1) is 15.2. The highest BCUT2D eigenvalue weighted by Crippen LogP contribution is 2.40. The summed E-state index contributed by atoms with van der Waals surface area (Å²) in [7, 11) is 3.88. The molecule has 3 heteroatoms. The number of nitrogens with two attached hydrogens (primary N) is 1. The zero-order valence-corrected chi connectivity index (χ0v) is 13.2. The summed E-state index contributed by atoms with van der Waals surface area (Å²) in [4.78, 5) is 2.39. The molecule has 112 valence electrons. The van der Waals surface area contributed by atoms with Gasteiger partial charge in [-0.1, -0.05) is 13.8 Å². The van der Waals surface area contributed by atoms with Crippen LogP contribution in [0, 0.1) is 11.8 Å². The summed E-state index contributed by atoms with van der Waals surface area (Å²) in [6.07, 6.45) is 3.67. The van der Waals surface area contributed by atoms with Crippen LogP contribution in [-0.2, 0) is 0 Å². The molecule has 0 heterocycles. The van der Waals surface area contributed by atoms with E-state index in [0.717, 1.165) is 17.6 Å². The van der Waals surface area contributed by atoms with Crippen LogP contribution >= 0.6 is 0 Å². The van der Waals surface area contributed by atoms with Gasteiger partial charge in [-0.3, -0.25) is 0 Å². The monoisotopic (exact) mass is 276 g/mol. The lowest BCUT2D eigenvalue weighted by Gasteiger charge is -2.49. The molecule has 1 aromatic rings. The normalized spacial score (nSPS) is 30.1. The summed E-state index contributed by atoms with van der Waals surface area (Å²) < 4.78 is 5.24. The van der Waals surface area contributed by atoms with Gasteiger partial charge >= 0.3 is 0 Å². The molecule has 3 nitrogen and oxygen atoms in total. The molecule has 2 atom stereocenters. The van der Waals surface area contributed by atoms with Crippen LogP contribution in [0.5, 0.6) is 5.75 Å². The summed E-state index contributed by atoms with van der Waals surface area (Å²) >= 11 is 0. The second-order valence-corrected chi connectivity index (χ2v) is 6.54. The van der Waals surface area contributed by atoms with Crippen LogP contribution < -0.4 is 15.4 Å². The summed E-state index contributed by atoms with van der Waals surface area (Å²) in [6.45, 7) is 5.41. The molecule has 0 radical (unpaired) electrons. The van der Waals surface area contributed by atoms with Crippen molar-refractivity contribution in [3.05, 3.63) is 24.3 Å². The maximum Gasteiger partial charge on any atom is 0.119 e. The minimum Gasteiger partial charge on any atom is -0.497 e. The van der Waals surface area contributed by atoms with Gasteiger partial charge in [0.2, 0.25) is 0 Å². The number of likely N-dealkylation sites (N-methyl/N-ethyl adjacent to an activating group) is 1. The smallest absolute Gasteiger partial charge is 0.119 e. The van der Waals surface area contributed by atoms with E-state index in [4.69, 9.17) is 10.5 Å². The predicted molar refractivity (Wildman–Crippen MR) is 85.4 cm³/mol. The van der Waals surface area contributed by atoms with E-state index in [1.165, 1.54) is 24.9 Å². The number of anilines is 1. The quantitative estimate of drug-likeness (QED) is 0.917. The fourth-order valence-corrected chi connectivity index (χ4v) is 3.89. The van der Waals surface area contributed by atoms with Gasteiger partial charge < -0.3 is 15.4 Å². The van der Waals surface area contributed by atoms with E-state index >= 15 is 0 Å². The molecular formula is C17H28N2O. The standard InChI is InChI=1S/C17H28N2O/c1-13-9-14(2)11-17(10-13,12-18)19(3)15-5-7-16(20-4)8-6-15/h5-8,13-14H,9-12,18H2,1-4H3. The summed E-state index contributed by atoms with van der Waals surface area (Å²) in [5, 5.41) is 0. The van der Waals surface area contributed by atoms with Crippen LogP contribution in [0.3, 0.4) is 0 Å². The lowest BCUT2D eigenvalue weighted by Crippen LogP contribution is -2.56. The Morgan fingerprint density at radius 1 is 1.20 bits per heavy atom. The molecule has 1 aliphatic rings. The molecule has 1 saturated carbocycles. The van der Waals surface area contributed by atoms with E-state index in [1.807, 2.05) is 12.1 Å². The molecule has 1 aromatic carbocycles. The molecule has 20 heavy (non-hydrogen) atoms. The minimum absolute atomic E-state index is 0.0890. The SMILES string of the molecule is COc1ccc(N(C)C2(CN)CC(C)CC(C)C2)cc1. The summed E-state index contributed by atoms with van der Waals surface area (Å²) in [5.41, 5.74) is 7.50. The van der Waals surface area contributed by atoms with Gasteiger partial charge in [-0.05, 0) is 55.4 Å². The van der Waals surface area contributed by atoms with E-state index in [2.05, 4.69) is 37.9 Å². The number of hydrogen-bond donors (Lipinski definition) is 1. The third-order valence-electron chi connectivity index (χ3n) is 4.81. The Hall–Kier alpha value is -1.22. The third-order valence-corrected chi connectivity index (χ3v) is 4.81. The van der Waals surface area contributed by atoms with E-state index in [1.54, 1.807) is 7.11 Å². The second kappa shape index (κ2) is 6.04. The molecule has 0 spiro atoms. The Balaban J connectivity index is 2.24. The van der Waals surface area contributed by atoms with Crippen molar-refractivity contribution in [2.24, 2.45) is 17.6 Å². The molecular weight excluding hydrogens is 248 g/mol. The molecule has 0 bridgehead atoms. The maximum absolute atomic E-state index is 6.19. The number of ether oxygens (including phenoxy) is 1. The van der Waals surface area contributed by atoms with Crippen LogP contribution in [0.4, 0.5) is 5.69 Å². The molecule has 2 rings (SSSR count). The molecule has 0 aliphatic heterocycles. The molecule has 0 aromatic heterocycles. The van der Waals surface area contributed by atoms with Crippen molar-refractivity contribution in [3.8, 4) is 5.75 Å². The van der Waals surface area contributed by atoms with E-state index in [9.17, 15) is 0 Å². The summed E-state index contributed by atoms with van der Waals surface area (Å²) in [6, 6.07) is 8.29. The molecule has 0 amide bonds. The highest BCUT2D eigenvalue weighted by molar-refractivity contribution is 5.51. The van der Waals surface area contributed by atoms with Crippen LogP contribution in [-0.4, -0.2) is 26.2 Å². The first-order valence-electron chi connectivity index (χ1n) is 7.58. The number of nitrogens with zero attached hydrogens (tertiary/aromatic N) is 1. The number of rotatable bonds is 4. The largest absolute Gasteiger partial charge is 0.497 e. The topological polar surface area (TPSA) is 38.5 Å². The first-order valence-corrected chi connectivity index (χ1v) is 7.58. The van der Waals surface area contributed by atoms with Crippen molar-refractivity contribution in [1.82, 2.24) is 0 Å². The fourth-order valence-electron chi connectivity index (χ4n) is 3.89. The predicted octanol–water partition coefficient (Wildman–Crippen LogP) is 3.29. The Labute approximate surface area is 123 Å². The molecule has 1 fully saturated rings. The zero-order chi connectivity index (χ0) is 14.8. The van der Waals surface area contributed by atoms with Crippen molar-refractivity contribution in [2.75, 3.05) is 25.6 Å². The Kier molecular flexibility index (Phi) is 4.59. The molecule has 2 N–H and O–H groups in total. The van der Waals surface area contributed by atoms with E-state index in [0.29, 0.717) is 6.54 Å². The van der Waals surface area contributed by atoms with Crippen LogP contribution in [0.2, 0.25) is 0 Å². The summed E-state index contributed by atoms with van der Waals surface area (Å²) in [5.74, 6) is 2.38. The first-order chi connectivity index (χ1) is 9.50. The number of methoxy groups -OCH3 is 1. The average Bonchev–Trinajstić information content (AvgIpc) is 2.45. The number of benzene rings is 1. The second-order valence-electron chi connectivity index (χ2n) is 6.54. The van der Waals surface area contributed by atoms with Gasteiger partial charge in [0, 0.05) is 19.3 Å². The van der Waals surface area contributed by atoms with Crippen LogP contribution in [0.25, 0.3) is 0 Å². The highest BCUT2D eigenvalue weighted by Gasteiger charge is 2.40. The zero-order valence-electron chi connectivity index (χ0n) is 13.2. The Bertz CT molecular complexity index is 419. The average molecular weight is 276 g/mol. The molecule has 0 saturated heterocycles. The number of hydrogen-bond acceptors (Lipinski definition) is 3. The van der Waals surface area contributed by atoms with Gasteiger partial charge in [-0.2, -0.15) is 0 Å². The fraction of sp³-hybridized carbons (Fsp3) is 0.647. The van der Waals surface area contributed by atoms with Gasteiger partial charge in [-0.15, -0.1) is 0 Å². The van der Waals surface area contributed by atoms with Crippen molar-refractivity contribution in [2.45, 2.75) is 38.6 Å². The highest BCUT2D eigenvalue weighted by atomic mass is 16.5. The van der Waals surface area contributed by atoms with Crippen molar-refractivity contribution >= 4 is 5.69 Å². The van der Waals surface area contributed by atoms with Gasteiger partial charge in [0.25, 0.3) is 0 Å². The van der Waals surface area contributed by atoms with Gasteiger partial charge in [0.1, 0.15) is 5.75 Å². The Morgan fingerprint density at radius 2 is 1.75 bits per heavy atom. The van der Waals surface area contributed by atoms with E-state index in [-0.39, 0.29) is 5.54 Å². The Morgan fingerprint density at radius 3 is 2.20 bits per heavy atom. The minimum atomic E-state index is 0.0890. The van der Waals surface area contributed by atoms with Crippen molar-refractivity contribution in [3.63, 3.8) is 0 Å². The third kappa shape index (κ3) is 2.93. The van der Waals surface area contributed by atoms with E-state index < -0.39 is 0 Å². The van der Waals surface area contributed by atoms with Crippen molar-refractivity contribution < 1.29 is 4.74 Å². The van der Waals surface area contributed by atoms with Crippen molar-refractivity contribution in [1.29, 1.82) is 0 Å². The van der Waals surface area contributed by atoms with Gasteiger partial charge in [-0.25, -0.2) is 0 Å². The molecule has 1 aliphatic carbocycles. The van der Waals surface area contributed by atoms with Gasteiger partial charge in [0.15, 0.2) is 0 Å². The van der Waals surface area contributed by atoms with Crippen LogP contribution in [0.15, 0.2) is 24.3 Å². The molecule has 2 unspecified atom stereocenters. The lowest BCUT2D eigenvalue weighted by molar-refractivity contribution is 0.182.